The lowest BCUT2D eigenvalue weighted by molar-refractivity contribution is 0.138. The summed E-state index contributed by atoms with van der Waals surface area (Å²) in [6, 6.07) is 10.6. The Morgan fingerprint density at radius 3 is 2.25 bits per heavy atom. The SMILES string of the molecule is C#CCN1CCN(Cc2ccccc2)CC1. The van der Waals surface area contributed by atoms with Gasteiger partial charge in [-0.3, -0.25) is 9.80 Å². The van der Waals surface area contributed by atoms with Crippen molar-refractivity contribution in [2.45, 2.75) is 6.54 Å². The van der Waals surface area contributed by atoms with Gasteiger partial charge in [0.25, 0.3) is 0 Å². The Kier molecular flexibility index (Phi) is 3.98. The molecule has 1 aromatic rings. The maximum Gasteiger partial charge on any atom is 0.0599 e. The van der Waals surface area contributed by atoms with Gasteiger partial charge in [0.2, 0.25) is 0 Å². The highest BCUT2D eigenvalue weighted by atomic mass is 15.3. The molecule has 1 aromatic carbocycles. The van der Waals surface area contributed by atoms with Crippen molar-refractivity contribution in [2.75, 3.05) is 32.7 Å². The summed E-state index contributed by atoms with van der Waals surface area (Å²) < 4.78 is 0. The average molecular weight is 214 g/mol. The summed E-state index contributed by atoms with van der Waals surface area (Å²) in [4.78, 5) is 4.82. The average Bonchev–Trinajstić information content (AvgIpc) is 2.33. The molecule has 0 amide bonds. The summed E-state index contributed by atoms with van der Waals surface area (Å²) in [6.07, 6.45) is 5.31. The lowest BCUT2D eigenvalue weighted by Gasteiger charge is -2.33. The van der Waals surface area contributed by atoms with Crippen LogP contribution in [0.2, 0.25) is 0 Å². The van der Waals surface area contributed by atoms with E-state index >= 15 is 0 Å². The molecule has 0 radical (unpaired) electrons. The van der Waals surface area contributed by atoms with E-state index in [1.807, 2.05) is 0 Å². The molecule has 2 heteroatoms. The fraction of sp³-hybridized carbons (Fsp3) is 0.429. The third-order valence-electron chi connectivity index (χ3n) is 3.03. The second-order valence-electron chi connectivity index (χ2n) is 4.24. The predicted molar refractivity (Wildman–Crippen MR) is 67.0 cm³/mol. The molecule has 1 aliphatic heterocycles. The molecule has 0 bridgehead atoms. The first-order valence-electron chi connectivity index (χ1n) is 5.80. The number of piperazine rings is 1. The summed E-state index contributed by atoms with van der Waals surface area (Å²) in [5.74, 6) is 2.71. The molecule has 0 atom stereocenters. The van der Waals surface area contributed by atoms with Crippen molar-refractivity contribution in [3.63, 3.8) is 0 Å². The van der Waals surface area contributed by atoms with Crippen LogP contribution in [0.25, 0.3) is 0 Å². The summed E-state index contributed by atoms with van der Waals surface area (Å²) >= 11 is 0. The Labute approximate surface area is 97.9 Å². The molecular weight excluding hydrogens is 196 g/mol. The molecule has 1 aliphatic rings. The molecular formula is C14H18N2. The minimum Gasteiger partial charge on any atom is -0.297 e. The molecule has 0 aromatic heterocycles. The molecule has 0 spiro atoms. The first-order chi connectivity index (χ1) is 7.88. The molecule has 1 fully saturated rings. The fourth-order valence-electron chi connectivity index (χ4n) is 2.08. The van der Waals surface area contributed by atoms with Gasteiger partial charge in [0.15, 0.2) is 0 Å². The zero-order valence-corrected chi connectivity index (χ0v) is 9.60. The van der Waals surface area contributed by atoms with Gasteiger partial charge >= 0.3 is 0 Å². The summed E-state index contributed by atoms with van der Waals surface area (Å²) in [7, 11) is 0. The molecule has 0 aliphatic carbocycles. The third-order valence-corrected chi connectivity index (χ3v) is 3.03. The van der Waals surface area contributed by atoms with Gasteiger partial charge in [-0.15, -0.1) is 6.42 Å². The first kappa shape index (κ1) is 11.2. The van der Waals surface area contributed by atoms with E-state index in [2.05, 4.69) is 46.1 Å². The molecule has 0 N–H and O–H groups in total. The maximum absolute atomic E-state index is 5.31. The lowest BCUT2D eigenvalue weighted by Crippen LogP contribution is -2.45. The largest absolute Gasteiger partial charge is 0.297 e. The van der Waals surface area contributed by atoms with E-state index in [0.29, 0.717) is 0 Å². The van der Waals surface area contributed by atoms with Crippen molar-refractivity contribution in [3.8, 4) is 12.3 Å². The number of nitrogens with zero attached hydrogens (tertiary/aromatic N) is 2. The molecule has 1 saturated heterocycles. The monoisotopic (exact) mass is 214 g/mol. The summed E-state index contributed by atoms with van der Waals surface area (Å²) in [5, 5.41) is 0. The normalized spacial score (nSPS) is 18.2. The van der Waals surface area contributed by atoms with Crippen molar-refractivity contribution in [2.24, 2.45) is 0 Å². The predicted octanol–water partition coefficient (Wildman–Crippen LogP) is 1.44. The second kappa shape index (κ2) is 5.69. The third kappa shape index (κ3) is 3.10. The topological polar surface area (TPSA) is 6.48 Å². The molecule has 0 unspecified atom stereocenters. The van der Waals surface area contributed by atoms with E-state index in [-0.39, 0.29) is 0 Å². The van der Waals surface area contributed by atoms with Crippen LogP contribution >= 0.6 is 0 Å². The molecule has 2 nitrogen and oxygen atoms in total. The Morgan fingerprint density at radius 2 is 1.62 bits per heavy atom. The van der Waals surface area contributed by atoms with Crippen molar-refractivity contribution in [3.05, 3.63) is 35.9 Å². The van der Waals surface area contributed by atoms with Crippen LogP contribution in [0.4, 0.5) is 0 Å². The van der Waals surface area contributed by atoms with Gasteiger partial charge in [0.05, 0.1) is 6.54 Å². The smallest absolute Gasteiger partial charge is 0.0599 e. The van der Waals surface area contributed by atoms with E-state index in [1.54, 1.807) is 0 Å². The fourth-order valence-corrected chi connectivity index (χ4v) is 2.08. The molecule has 1 heterocycles. The zero-order valence-electron chi connectivity index (χ0n) is 9.60. The van der Waals surface area contributed by atoms with Crippen LogP contribution in [-0.2, 0) is 6.54 Å². The van der Waals surface area contributed by atoms with Crippen molar-refractivity contribution in [1.82, 2.24) is 9.80 Å². The van der Waals surface area contributed by atoms with E-state index in [0.717, 1.165) is 39.3 Å². The summed E-state index contributed by atoms with van der Waals surface area (Å²) in [6.45, 7) is 6.28. The van der Waals surface area contributed by atoms with E-state index in [9.17, 15) is 0 Å². The number of benzene rings is 1. The van der Waals surface area contributed by atoms with Crippen LogP contribution in [0, 0.1) is 12.3 Å². The molecule has 16 heavy (non-hydrogen) atoms. The van der Waals surface area contributed by atoms with Crippen LogP contribution in [-0.4, -0.2) is 42.5 Å². The minimum absolute atomic E-state index is 0.791. The lowest BCUT2D eigenvalue weighted by atomic mass is 10.2. The van der Waals surface area contributed by atoms with Gasteiger partial charge in [-0.25, -0.2) is 0 Å². The number of terminal acetylenes is 1. The van der Waals surface area contributed by atoms with E-state index < -0.39 is 0 Å². The van der Waals surface area contributed by atoms with Crippen LogP contribution in [0.15, 0.2) is 30.3 Å². The number of hydrogen-bond acceptors (Lipinski definition) is 2. The molecule has 2 rings (SSSR count). The van der Waals surface area contributed by atoms with Gasteiger partial charge in [-0.2, -0.15) is 0 Å². The van der Waals surface area contributed by atoms with E-state index in [4.69, 9.17) is 6.42 Å². The highest BCUT2D eigenvalue weighted by Gasteiger charge is 2.15. The van der Waals surface area contributed by atoms with Gasteiger partial charge in [0.1, 0.15) is 0 Å². The van der Waals surface area contributed by atoms with Crippen LogP contribution in [0.3, 0.4) is 0 Å². The van der Waals surface area contributed by atoms with Crippen molar-refractivity contribution < 1.29 is 0 Å². The number of hydrogen-bond donors (Lipinski definition) is 0. The van der Waals surface area contributed by atoms with Crippen LogP contribution in [0.1, 0.15) is 5.56 Å². The second-order valence-corrected chi connectivity index (χ2v) is 4.24. The Balaban J connectivity index is 1.80. The molecule has 84 valence electrons. The number of rotatable bonds is 3. The van der Waals surface area contributed by atoms with Crippen LogP contribution < -0.4 is 0 Å². The molecule has 0 saturated carbocycles. The highest BCUT2D eigenvalue weighted by Crippen LogP contribution is 2.07. The van der Waals surface area contributed by atoms with Crippen molar-refractivity contribution in [1.29, 1.82) is 0 Å². The standard InChI is InChI=1S/C14H18N2/c1-2-8-15-9-11-16(12-10-15)13-14-6-4-3-5-7-14/h1,3-7H,8-13H2. The zero-order chi connectivity index (χ0) is 11.2. The van der Waals surface area contributed by atoms with Crippen molar-refractivity contribution >= 4 is 0 Å². The van der Waals surface area contributed by atoms with Gasteiger partial charge in [0, 0.05) is 32.7 Å². The highest BCUT2D eigenvalue weighted by molar-refractivity contribution is 5.14. The van der Waals surface area contributed by atoms with Gasteiger partial charge in [-0.05, 0) is 5.56 Å². The minimum atomic E-state index is 0.791. The summed E-state index contributed by atoms with van der Waals surface area (Å²) in [5.41, 5.74) is 1.40. The Morgan fingerprint density at radius 1 is 1.00 bits per heavy atom. The van der Waals surface area contributed by atoms with E-state index in [1.165, 1.54) is 5.56 Å². The maximum atomic E-state index is 5.31. The quantitative estimate of drug-likeness (QED) is 0.702. The Bertz CT molecular complexity index is 345. The first-order valence-corrected chi connectivity index (χ1v) is 5.80. The van der Waals surface area contributed by atoms with Gasteiger partial charge < -0.3 is 0 Å². The van der Waals surface area contributed by atoms with Gasteiger partial charge in [-0.1, -0.05) is 36.3 Å². The Hall–Kier alpha value is -1.30. The van der Waals surface area contributed by atoms with Crippen LogP contribution in [0.5, 0.6) is 0 Å².